The number of hydrogen-bond acceptors (Lipinski definition) is 7. The predicted octanol–water partition coefficient (Wildman–Crippen LogP) is 4.27. The van der Waals surface area contributed by atoms with E-state index in [9.17, 15) is 4.79 Å². The second-order valence-corrected chi connectivity index (χ2v) is 7.06. The number of amides is 1. The number of nitrogens with one attached hydrogen (secondary N) is 2. The van der Waals surface area contributed by atoms with Crippen LogP contribution in [0.3, 0.4) is 0 Å². The Balaban J connectivity index is 1.70. The van der Waals surface area contributed by atoms with Gasteiger partial charge in [0.2, 0.25) is 5.95 Å². The molecule has 0 fully saturated rings. The molecule has 0 atom stereocenters. The van der Waals surface area contributed by atoms with Crippen LogP contribution in [0.1, 0.15) is 21.9 Å². The average molecular weight is 371 g/mol. The molecule has 2 aromatic heterocycles. The highest BCUT2D eigenvalue weighted by atomic mass is 32.2. The molecule has 0 saturated heterocycles. The second-order valence-electron chi connectivity index (χ2n) is 5.32. The lowest BCUT2D eigenvalue weighted by molar-refractivity contribution is 0.102. The van der Waals surface area contributed by atoms with Crippen molar-refractivity contribution in [2.75, 3.05) is 16.9 Å². The normalized spacial score (nSPS) is 10.5. The van der Waals surface area contributed by atoms with Crippen LogP contribution in [-0.4, -0.2) is 27.1 Å². The molecule has 2 heterocycles. The number of thiazole rings is 1. The van der Waals surface area contributed by atoms with Crippen molar-refractivity contribution in [2.45, 2.75) is 18.7 Å². The van der Waals surface area contributed by atoms with Gasteiger partial charge in [0.15, 0.2) is 5.13 Å². The highest BCUT2D eigenvalue weighted by molar-refractivity contribution is 7.98. The van der Waals surface area contributed by atoms with Crippen molar-refractivity contribution in [1.82, 2.24) is 15.0 Å². The average Bonchev–Trinajstić information content (AvgIpc) is 3.02. The van der Waals surface area contributed by atoms with Gasteiger partial charge in [0.25, 0.3) is 5.91 Å². The number of rotatable bonds is 5. The maximum absolute atomic E-state index is 12.4. The Kier molecular flexibility index (Phi) is 5.30. The van der Waals surface area contributed by atoms with Crippen molar-refractivity contribution in [3.63, 3.8) is 0 Å². The van der Waals surface area contributed by atoms with Crippen LogP contribution in [0.4, 0.5) is 16.8 Å². The molecule has 0 spiro atoms. The number of aromatic nitrogens is 3. The molecule has 0 saturated carbocycles. The minimum absolute atomic E-state index is 0.246. The molecule has 3 rings (SSSR count). The first-order valence-electron chi connectivity index (χ1n) is 7.54. The molecule has 0 bridgehead atoms. The number of carbonyl (C=O) groups is 1. The van der Waals surface area contributed by atoms with Crippen LogP contribution >= 0.6 is 23.1 Å². The second kappa shape index (κ2) is 7.62. The molecule has 0 aliphatic carbocycles. The lowest BCUT2D eigenvalue weighted by Crippen LogP contribution is -2.12. The van der Waals surface area contributed by atoms with Gasteiger partial charge in [-0.1, -0.05) is 6.07 Å². The Morgan fingerprint density at radius 3 is 2.60 bits per heavy atom. The van der Waals surface area contributed by atoms with Crippen LogP contribution in [-0.2, 0) is 0 Å². The van der Waals surface area contributed by atoms with Gasteiger partial charge in [0.1, 0.15) is 5.69 Å². The zero-order chi connectivity index (χ0) is 17.8. The first-order valence-corrected chi connectivity index (χ1v) is 9.64. The van der Waals surface area contributed by atoms with Crippen molar-refractivity contribution < 1.29 is 4.79 Å². The van der Waals surface area contributed by atoms with Crippen molar-refractivity contribution in [2.24, 2.45) is 0 Å². The van der Waals surface area contributed by atoms with Crippen LogP contribution in [0.15, 0.2) is 40.6 Å². The van der Waals surface area contributed by atoms with E-state index in [2.05, 4.69) is 25.6 Å². The maximum Gasteiger partial charge on any atom is 0.275 e. The number of hydrogen-bond donors (Lipinski definition) is 2. The van der Waals surface area contributed by atoms with E-state index in [-0.39, 0.29) is 5.91 Å². The van der Waals surface area contributed by atoms with Gasteiger partial charge in [-0.15, -0.1) is 23.1 Å². The molecular formula is C17H17N5OS2. The van der Waals surface area contributed by atoms with Crippen LogP contribution in [0.5, 0.6) is 0 Å². The summed E-state index contributed by atoms with van der Waals surface area (Å²) < 4.78 is 0. The third-order valence-corrected chi connectivity index (χ3v) is 4.75. The van der Waals surface area contributed by atoms with Crippen LogP contribution < -0.4 is 10.6 Å². The first-order chi connectivity index (χ1) is 12.0. The molecule has 2 N–H and O–H groups in total. The van der Waals surface area contributed by atoms with Crippen molar-refractivity contribution in [3.05, 3.63) is 52.8 Å². The largest absolute Gasteiger partial charge is 0.321 e. The molecule has 0 radical (unpaired) electrons. The Labute approximate surface area is 154 Å². The number of benzene rings is 1. The molecule has 6 nitrogen and oxygen atoms in total. The predicted molar refractivity (Wildman–Crippen MR) is 103 cm³/mol. The molecule has 1 aromatic carbocycles. The molecule has 0 aliphatic rings. The molecule has 0 aliphatic heterocycles. The van der Waals surface area contributed by atoms with Crippen molar-refractivity contribution >= 4 is 45.8 Å². The molecular weight excluding hydrogens is 354 g/mol. The topological polar surface area (TPSA) is 79.8 Å². The molecule has 3 aromatic rings. The third-order valence-electron chi connectivity index (χ3n) is 3.27. The number of carbonyl (C=O) groups excluding carboxylic acids is 1. The molecule has 0 unspecified atom stereocenters. The summed E-state index contributed by atoms with van der Waals surface area (Å²) in [6.07, 6.45) is 1.99. The van der Waals surface area contributed by atoms with Gasteiger partial charge in [-0.3, -0.25) is 4.79 Å². The highest BCUT2D eigenvalue weighted by Crippen LogP contribution is 2.22. The summed E-state index contributed by atoms with van der Waals surface area (Å²) in [7, 11) is 0. The fourth-order valence-electron chi connectivity index (χ4n) is 2.21. The smallest absolute Gasteiger partial charge is 0.275 e. The molecule has 1 amide bonds. The number of anilines is 3. The van der Waals surface area contributed by atoms with Crippen LogP contribution in [0.25, 0.3) is 0 Å². The monoisotopic (exact) mass is 371 g/mol. The van der Waals surface area contributed by atoms with Gasteiger partial charge >= 0.3 is 0 Å². The summed E-state index contributed by atoms with van der Waals surface area (Å²) in [4.78, 5) is 26.4. The Bertz CT molecular complexity index is 889. The SMILES string of the molecule is CSc1cccc(NC(=O)c2csc(Nc3nc(C)cc(C)n3)n2)c1. The Hall–Kier alpha value is -2.45. The van der Waals surface area contributed by atoms with Crippen molar-refractivity contribution in [3.8, 4) is 0 Å². The number of aryl methyl sites for hydroxylation is 2. The van der Waals surface area contributed by atoms with Crippen LogP contribution in [0.2, 0.25) is 0 Å². The van der Waals surface area contributed by atoms with Gasteiger partial charge < -0.3 is 10.6 Å². The summed E-state index contributed by atoms with van der Waals surface area (Å²) in [5.74, 6) is 0.232. The van der Waals surface area contributed by atoms with Gasteiger partial charge in [-0.25, -0.2) is 15.0 Å². The van der Waals surface area contributed by atoms with E-state index in [4.69, 9.17) is 0 Å². The van der Waals surface area contributed by atoms with Gasteiger partial charge in [-0.2, -0.15) is 0 Å². The summed E-state index contributed by atoms with van der Waals surface area (Å²) in [5, 5.41) is 8.19. The van der Waals surface area contributed by atoms with Gasteiger partial charge in [-0.05, 0) is 44.4 Å². The summed E-state index contributed by atoms with van der Waals surface area (Å²) in [5.41, 5.74) is 2.85. The van der Waals surface area contributed by atoms with E-state index >= 15 is 0 Å². The molecule has 8 heteroatoms. The van der Waals surface area contributed by atoms with Gasteiger partial charge in [0.05, 0.1) is 0 Å². The molecule has 25 heavy (non-hydrogen) atoms. The fraction of sp³-hybridized carbons (Fsp3) is 0.176. The summed E-state index contributed by atoms with van der Waals surface area (Å²) in [6, 6.07) is 9.58. The Morgan fingerprint density at radius 1 is 1.12 bits per heavy atom. The maximum atomic E-state index is 12.4. The quantitative estimate of drug-likeness (QED) is 0.652. The van der Waals surface area contributed by atoms with Crippen molar-refractivity contribution in [1.29, 1.82) is 0 Å². The van der Waals surface area contributed by atoms with E-state index in [1.165, 1.54) is 11.3 Å². The third kappa shape index (κ3) is 4.55. The minimum Gasteiger partial charge on any atom is -0.321 e. The lowest BCUT2D eigenvalue weighted by Gasteiger charge is -2.05. The van der Waals surface area contributed by atoms with E-state index in [0.717, 1.165) is 22.0 Å². The summed E-state index contributed by atoms with van der Waals surface area (Å²) in [6.45, 7) is 3.81. The zero-order valence-corrected chi connectivity index (χ0v) is 15.7. The minimum atomic E-state index is -0.246. The Morgan fingerprint density at radius 2 is 1.88 bits per heavy atom. The number of nitrogens with zero attached hydrogens (tertiary/aromatic N) is 3. The first kappa shape index (κ1) is 17.4. The van der Waals surface area contributed by atoms with E-state index in [1.807, 2.05) is 50.4 Å². The lowest BCUT2D eigenvalue weighted by atomic mass is 10.3. The van der Waals surface area contributed by atoms with E-state index < -0.39 is 0 Å². The standard InChI is InChI=1S/C17H17N5OS2/c1-10-7-11(2)19-16(18-10)22-17-21-14(9-25-17)15(23)20-12-5-4-6-13(8-12)24-3/h4-9H,1-3H3,(H,20,23)(H,18,19,21,22). The fourth-order valence-corrected chi connectivity index (χ4v) is 3.35. The van der Waals surface area contributed by atoms with E-state index in [0.29, 0.717) is 16.8 Å². The van der Waals surface area contributed by atoms with Crippen LogP contribution in [0, 0.1) is 13.8 Å². The number of thioether (sulfide) groups is 1. The zero-order valence-electron chi connectivity index (χ0n) is 14.0. The molecule has 128 valence electrons. The summed E-state index contributed by atoms with van der Waals surface area (Å²) >= 11 is 2.96. The van der Waals surface area contributed by atoms with E-state index in [1.54, 1.807) is 17.1 Å². The van der Waals surface area contributed by atoms with Gasteiger partial charge in [0, 0.05) is 27.4 Å². The highest BCUT2D eigenvalue weighted by Gasteiger charge is 2.12.